The second kappa shape index (κ2) is 8.18. The van der Waals surface area contributed by atoms with E-state index in [0.717, 1.165) is 32.1 Å². The quantitative estimate of drug-likeness (QED) is 0.397. The molecule has 1 heterocycles. The van der Waals surface area contributed by atoms with Gasteiger partial charge in [0.1, 0.15) is 23.4 Å². The molecule has 1 saturated carbocycles. The Morgan fingerprint density at radius 2 is 1.76 bits per heavy atom. The molecule has 0 radical (unpaired) electrons. The van der Waals surface area contributed by atoms with Crippen LogP contribution in [0.25, 0.3) is 0 Å². The number of fused-ring (bicyclic) bond motifs is 3. The number of phenols is 2. The molecular formula is C28H38O5. The molecule has 0 aromatic heterocycles. The first-order valence-electron chi connectivity index (χ1n) is 12.4. The summed E-state index contributed by atoms with van der Waals surface area (Å²) < 4.78 is 6.73. The summed E-state index contributed by atoms with van der Waals surface area (Å²) in [6.07, 6.45) is 8.19. The Labute approximate surface area is 197 Å². The molecule has 1 aromatic carbocycles. The second-order valence-electron chi connectivity index (χ2n) is 11.6. The van der Waals surface area contributed by atoms with Crippen molar-refractivity contribution in [2.45, 2.75) is 85.7 Å². The molecule has 5 atom stereocenters. The van der Waals surface area contributed by atoms with Gasteiger partial charge in [0.05, 0.1) is 11.1 Å². The summed E-state index contributed by atoms with van der Waals surface area (Å²) in [6, 6.07) is 0. The van der Waals surface area contributed by atoms with E-state index in [0.29, 0.717) is 35.9 Å². The van der Waals surface area contributed by atoms with Gasteiger partial charge in [-0.1, -0.05) is 53.2 Å². The average molecular weight is 455 g/mol. The van der Waals surface area contributed by atoms with Gasteiger partial charge in [0.2, 0.25) is 0 Å². The zero-order valence-electron chi connectivity index (χ0n) is 20.8. The van der Waals surface area contributed by atoms with Crippen LogP contribution in [-0.4, -0.2) is 28.9 Å². The van der Waals surface area contributed by atoms with Crippen molar-refractivity contribution < 1.29 is 24.5 Å². The monoisotopic (exact) mass is 454 g/mol. The van der Waals surface area contributed by atoms with Gasteiger partial charge < -0.3 is 14.9 Å². The number of allylic oxidation sites excluding steroid dienone is 1. The van der Waals surface area contributed by atoms with Crippen molar-refractivity contribution in [2.24, 2.45) is 28.6 Å². The molecule has 0 amide bonds. The number of hydrogen-bond donors (Lipinski definition) is 2. The van der Waals surface area contributed by atoms with Crippen molar-refractivity contribution in [2.75, 3.05) is 0 Å². The number of hydrogen-bond acceptors (Lipinski definition) is 5. The van der Waals surface area contributed by atoms with Gasteiger partial charge >= 0.3 is 0 Å². The van der Waals surface area contributed by atoms with E-state index < -0.39 is 5.75 Å². The highest BCUT2D eigenvalue weighted by Crippen LogP contribution is 2.68. The summed E-state index contributed by atoms with van der Waals surface area (Å²) in [7, 11) is 0. The first-order chi connectivity index (χ1) is 15.5. The van der Waals surface area contributed by atoms with E-state index in [2.05, 4.69) is 47.6 Å². The lowest BCUT2D eigenvalue weighted by molar-refractivity contribution is -0.0359. The smallest absolute Gasteiger partial charge is 0.157 e. The van der Waals surface area contributed by atoms with Crippen LogP contribution in [0, 0.1) is 28.6 Å². The van der Waals surface area contributed by atoms with Crippen LogP contribution in [0.1, 0.15) is 106 Å². The molecule has 2 N–H and O–H groups in total. The molecule has 180 valence electrons. The summed E-state index contributed by atoms with van der Waals surface area (Å²) in [5.41, 5.74) is 1.29. The minimum absolute atomic E-state index is 0.0284. The topological polar surface area (TPSA) is 83.8 Å². The summed E-state index contributed by atoms with van der Waals surface area (Å²) in [5.74, 6) is 0.662. The molecule has 4 rings (SSSR count). The van der Waals surface area contributed by atoms with Crippen LogP contribution in [0.3, 0.4) is 0 Å². The minimum atomic E-state index is -0.495. The molecule has 0 bridgehead atoms. The van der Waals surface area contributed by atoms with Crippen LogP contribution in [0.15, 0.2) is 11.6 Å². The van der Waals surface area contributed by atoms with Crippen LogP contribution in [-0.2, 0) is 0 Å². The van der Waals surface area contributed by atoms with Crippen LogP contribution in [0.2, 0.25) is 0 Å². The van der Waals surface area contributed by atoms with Gasteiger partial charge in [-0.25, -0.2) is 0 Å². The van der Waals surface area contributed by atoms with Gasteiger partial charge in [-0.15, -0.1) is 0 Å². The third kappa shape index (κ3) is 3.33. The Morgan fingerprint density at radius 1 is 1.09 bits per heavy atom. The van der Waals surface area contributed by atoms with E-state index in [9.17, 15) is 19.8 Å². The summed E-state index contributed by atoms with van der Waals surface area (Å²) >= 11 is 0. The molecule has 1 aliphatic heterocycles. The number of rotatable bonds is 5. The lowest BCUT2D eigenvalue weighted by Crippen LogP contribution is -2.51. The summed E-state index contributed by atoms with van der Waals surface area (Å²) in [6.45, 7) is 13.3. The molecule has 3 aliphatic rings. The van der Waals surface area contributed by atoms with Gasteiger partial charge in [-0.2, -0.15) is 0 Å². The molecule has 33 heavy (non-hydrogen) atoms. The zero-order chi connectivity index (χ0) is 24.3. The number of aldehydes is 2. The Morgan fingerprint density at radius 3 is 2.33 bits per heavy atom. The van der Waals surface area contributed by atoms with Crippen molar-refractivity contribution in [1.29, 1.82) is 0 Å². The second-order valence-corrected chi connectivity index (χ2v) is 11.6. The molecule has 2 aliphatic carbocycles. The van der Waals surface area contributed by atoms with Crippen LogP contribution >= 0.6 is 0 Å². The predicted octanol–water partition coefficient (Wildman–Crippen LogP) is 6.41. The van der Waals surface area contributed by atoms with Gasteiger partial charge in [0.15, 0.2) is 12.6 Å². The summed E-state index contributed by atoms with van der Waals surface area (Å²) in [4.78, 5) is 23.8. The molecule has 0 unspecified atom stereocenters. The average Bonchev–Trinajstić information content (AvgIpc) is 3.04. The van der Waals surface area contributed by atoms with Crippen molar-refractivity contribution in [3.63, 3.8) is 0 Å². The molecule has 1 spiro atoms. The van der Waals surface area contributed by atoms with Crippen LogP contribution in [0.5, 0.6) is 17.2 Å². The fourth-order valence-corrected chi connectivity index (χ4v) is 7.02. The highest BCUT2D eigenvalue weighted by Gasteiger charge is 2.64. The van der Waals surface area contributed by atoms with E-state index in [-0.39, 0.29) is 45.5 Å². The molecule has 1 aromatic rings. The lowest BCUT2D eigenvalue weighted by Gasteiger charge is -2.52. The molecule has 5 nitrogen and oxygen atoms in total. The number of aromatic hydroxyl groups is 2. The number of phenolic OH excluding ortho intramolecular Hbond substituents is 2. The van der Waals surface area contributed by atoms with Crippen molar-refractivity contribution in [1.82, 2.24) is 0 Å². The number of benzene rings is 1. The van der Waals surface area contributed by atoms with E-state index in [1.54, 1.807) is 0 Å². The SMILES string of the molecule is CC(C)C[C@@H]1c2c(O)c(C=O)c(O)c(C=O)c2O[C@H]2[C@]1(C)CC[C@]21C=C(C(C)C)CC[C@H]1C. The standard InChI is InChI=1S/C28H38O5/c1-15(2)11-21-22-24(32)19(13-29)23(31)20(14-30)25(22)33-26-27(21,6)9-10-28(26)12-18(16(3)4)8-7-17(28)5/h12-17,21,26,31-32H,7-11H2,1-6H3/t17-,21-,26+,27-,28-/m1/s1. The number of carbonyl (C=O) groups excluding carboxylic acids is 2. The van der Waals surface area contributed by atoms with Crippen LogP contribution < -0.4 is 4.74 Å². The van der Waals surface area contributed by atoms with Crippen molar-refractivity contribution in [3.05, 3.63) is 28.3 Å². The normalized spacial score (nSPS) is 33.0. The fourth-order valence-electron chi connectivity index (χ4n) is 7.02. The maximum atomic E-state index is 12.1. The predicted molar refractivity (Wildman–Crippen MR) is 128 cm³/mol. The largest absolute Gasteiger partial charge is 0.507 e. The van der Waals surface area contributed by atoms with Crippen molar-refractivity contribution >= 4 is 12.6 Å². The number of carbonyl (C=O) groups is 2. The van der Waals surface area contributed by atoms with E-state index in [1.165, 1.54) is 5.57 Å². The highest BCUT2D eigenvalue weighted by atomic mass is 16.5. The van der Waals surface area contributed by atoms with Crippen molar-refractivity contribution in [3.8, 4) is 17.2 Å². The Bertz CT molecular complexity index is 1010. The van der Waals surface area contributed by atoms with Gasteiger partial charge in [-0.3, -0.25) is 9.59 Å². The zero-order valence-corrected chi connectivity index (χ0v) is 20.8. The first-order valence-corrected chi connectivity index (χ1v) is 12.4. The lowest BCUT2D eigenvalue weighted by atomic mass is 9.59. The first kappa shape index (κ1) is 23.8. The Balaban J connectivity index is 2.00. The Hall–Kier alpha value is -2.30. The minimum Gasteiger partial charge on any atom is -0.507 e. The molecule has 5 heteroatoms. The van der Waals surface area contributed by atoms with E-state index >= 15 is 0 Å². The van der Waals surface area contributed by atoms with Crippen LogP contribution in [0.4, 0.5) is 0 Å². The molecule has 1 fully saturated rings. The van der Waals surface area contributed by atoms with Gasteiger partial charge in [0.25, 0.3) is 0 Å². The fraction of sp³-hybridized carbons (Fsp3) is 0.643. The van der Waals surface area contributed by atoms with Gasteiger partial charge in [0, 0.05) is 22.3 Å². The highest BCUT2D eigenvalue weighted by molar-refractivity contribution is 5.95. The van der Waals surface area contributed by atoms with E-state index in [4.69, 9.17) is 4.74 Å². The molecular weight excluding hydrogens is 416 g/mol. The summed E-state index contributed by atoms with van der Waals surface area (Å²) in [5, 5.41) is 21.8. The van der Waals surface area contributed by atoms with E-state index in [1.807, 2.05) is 0 Å². The third-order valence-electron chi connectivity index (χ3n) is 9.00. The van der Waals surface area contributed by atoms with Gasteiger partial charge in [-0.05, 0) is 49.9 Å². The maximum Gasteiger partial charge on any atom is 0.157 e. The molecule has 0 saturated heterocycles. The maximum absolute atomic E-state index is 12.1. The Kier molecular flexibility index (Phi) is 5.91. The number of ether oxygens (including phenoxy) is 1. The third-order valence-corrected chi connectivity index (χ3v) is 9.00.